The van der Waals surface area contributed by atoms with Gasteiger partial charge < -0.3 is 25.2 Å². The average molecular weight is 349 g/mol. The van der Waals surface area contributed by atoms with Crippen molar-refractivity contribution < 1.29 is 19.4 Å². The summed E-state index contributed by atoms with van der Waals surface area (Å²) in [6.45, 7) is 0.437. The number of methoxy groups -OCH3 is 2. The Morgan fingerprint density at radius 1 is 1.38 bits per heavy atom. The van der Waals surface area contributed by atoms with Crippen LogP contribution in [0.1, 0.15) is 6.42 Å². The van der Waals surface area contributed by atoms with Gasteiger partial charge in [-0.3, -0.25) is 4.79 Å². The van der Waals surface area contributed by atoms with E-state index in [9.17, 15) is 9.90 Å². The molecular formula is C16H19N3O4S. The summed E-state index contributed by atoms with van der Waals surface area (Å²) in [5, 5.41) is 17.6. The van der Waals surface area contributed by atoms with Gasteiger partial charge in [-0.1, -0.05) is 0 Å². The average Bonchev–Trinajstić information content (AvgIpc) is 3.23. The molecule has 1 saturated heterocycles. The monoisotopic (exact) mass is 349 g/mol. The van der Waals surface area contributed by atoms with Crippen LogP contribution in [-0.4, -0.2) is 48.9 Å². The van der Waals surface area contributed by atoms with Gasteiger partial charge in [0, 0.05) is 17.5 Å². The molecule has 1 aliphatic heterocycles. The lowest BCUT2D eigenvalue weighted by Gasteiger charge is -2.09. The minimum atomic E-state index is -0.473. The first-order valence-corrected chi connectivity index (χ1v) is 8.39. The molecule has 2 atom stereocenters. The van der Waals surface area contributed by atoms with Crippen LogP contribution in [0.4, 0.5) is 5.13 Å². The van der Waals surface area contributed by atoms with Crippen molar-refractivity contribution in [2.24, 2.45) is 0 Å². The number of hydrogen-bond acceptors (Lipinski definition) is 7. The maximum absolute atomic E-state index is 12.1. The largest absolute Gasteiger partial charge is 0.493 e. The van der Waals surface area contributed by atoms with E-state index < -0.39 is 6.10 Å². The summed E-state index contributed by atoms with van der Waals surface area (Å²) in [6.07, 6.45) is -0.0564. The summed E-state index contributed by atoms with van der Waals surface area (Å²) in [4.78, 5) is 16.6. The molecule has 0 spiro atoms. The Hall–Kier alpha value is -2.16. The second kappa shape index (κ2) is 7.16. The molecule has 2 aromatic rings. The van der Waals surface area contributed by atoms with Gasteiger partial charge in [0.1, 0.15) is 0 Å². The molecule has 1 fully saturated rings. The number of carbonyl (C=O) groups excluding carboxylic acids is 1. The van der Waals surface area contributed by atoms with Gasteiger partial charge in [0.2, 0.25) is 5.91 Å². The summed E-state index contributed by atoms with van der Waals surface area (Å²) in [7, 11) is 3.17. The molecule has 24 heavy (non-hydrogen) atoms. The second-order valence-corrected chi connectivity index (χ2v) is 6.31. The fourth-order valence-electron chi connectivity index (χ4n) is 2.57. The van der Waals surface area contributed by atoms with Gasteiger partial charge in [0.25, 0.3) is 0 Å². The molecule has 3 rings (SSSR count). The number of amides is 1. The van der Waals surface area contributed by atoms with Gasteiger partial charge in [0.15, 0.2) is 16.6 Å². The van der Waals surface area contributed by atoms with Crippen LogP contribution in [0.5, 0.6) is 11.5 Å². The molecule has 128 valence electrons. The minimum absolute atomic E-state index is 0.181. The highest BCUT2D eigenvalue weighted by atomic mass is 32.1. The van der Waals surface area contributed by atoms with Crippen molar-refractivity contribution in [3.63, 3.8) is 0 Å². The normalized spacial score (nSPS) is 20.0. The number of nitrogens with zero attached hydrogens (tertiary/aromatic N) is 1. The summed E-state index contributed by atoms with van der Waals surface area (Å²) in [5.74, 6) is 1.09. The van der Waals surface area contributed by atoms with Crippen LogP contribution >= 0.6 is 11.3 Å². The van der Waals surface area contributed by atoms with Crippen molar-refractivity contribution in [3.05, 3.63) is 23.6 Å². The SMILES string of the molecule is COc1ccc(-c2csc(NC(=O)[C@H]3C[C@@H](O)CN3)n2)cc1OC. The third kappa shape index (κ3) is 3.50. The van der Waals surface area contributed by atoms with Crippen LogP contribution in [0.3, 0.4) is 0 Å². The molecule has 2 heterocycles. The number of ether oxygens (including phenoxy) is 2. The molecule has 7 nitrogen and oxygen atoms in total. The number of hydrogen-bond donors (Lipinski definition) is 3. The van der Waals surface area contributed by atoms with Crippen LogP contribution < -0.4 is 20.1 Å². The van der Waals surface area contributed by atoms with Crippen LogP contribution in [0, 0.1) is 0 Å². The Balaban J connectivity index is 1.72. The number of thiazole rings is 1. The molecule has 0 bridgehead atoms. The Labute approximate surface area is 143 Å². The Bertz CT molecular complexity index is 734. The van der Waals surface area contributed by atoms with Crippen LogP contribution in [0.2, 0.25) is 0 Å². The first-order chi connectivity index (χ1) is 11.6. The standard InChI is InChI=1S/C16H19N3O4S/c1-22-13-4-3-9(5-14(13)23-2)12-8-24-16(18-12)19-15(21)11-6-10(20)7-17-11/h3-5,8,10-11,17,20H,6-7H2,1-2H3,(H,18,19,21)/t10-,11-/m1/s1. The van der Waals surface area contributed by atoms with Gasteiger partial charge in [-0.2, -0.15) is 0 Å². The van der Waals surface area contributed by atoms with E-state index >= 15 is 0 Å². The van der Waals surface area contributed by atoms with E-state index in [1.165, 1.54) is 11.3 Å². The first-order valence-electron chi connectivity index (χ1n) is 7.51. The van der Waals surface area contributed by atoms with E-state index in [4.69, 9.17) is 9.47 Å². The molecule has 1 aromatic carbocycles. The Morgan fingerprint density at radius 2 is 2.17 bits per heavy atom. The third-order valence-electron chi connectivity index (χ3n) is 3.84. The van der Waals surface area contributed by atoms with Crippen LogP contribution in [0.25, 0.3) is 11.3 Å². The predicted molar refractivity (Wildman–Crippen MR) is 91.7 cm³/mol. The van der Waals surface area contributed by atoms with Gasteiger partial charge >= 0.3 is 0 Å². The van der Waals surface area contributed by atoms with Gasteiger partial charge in [0.05, 0.1) is 32.1 Å². The van der Waals surface area contributed by atoms with Crippen molar-refractivity contribution in [2.75, 3.05) is 26.1 Å². The molecular weight excluding hydrogens is 330 g/mol. The van der Waals surface area contributed by atoms with Crippen molar-refractivity contribution in [2.45, 2.75) is 18.6 Å². The number of carbonyl (C=O) groups is 1. The van der Waals surface area contributed by atoms with E-state index in [0.717, 1.165) is 11.3 Å². The molecule has 0 radical (unpaired) electrons. The maximum atomic E-state index is 12.1. The Morgan fingerprint density at radius 3 is 2.83 bits per heavy atom. The van der Waals surface area contributed by atoms with E-state index in [1.54, 1.807) is 14.2 Å². The molecule has 3 N–H and O–H groups in total. The maximum Gasteiger partial charge on any atom is 0.243 e. The van der Waals surface area contributed by atoms with Crippen molar-refractivity contribution >= 4 is 22.4 Å². The molecule has 8 heteroatoms. The van der Waals surface area contributed by atoms with Crippen molar-refractivity contribution in [1.82, 2.24) is 10.3 Å². The highest BCUT2D eigenvalue weighted by Crippen LogP contribution is 2.33. The highest BCUT2D eigenvalue weighted by molar-refractivity contribution is 7.14. The van der Waals surface area contributed by atoms with E-state index in [1.807, 2.05) is 23.6 Å². The van der Waals surface area contributed by atoms with Gasteiger partial charge in [-0.05, 0) is 24.6 Å². The molecule has 1 aliphatic rings. The van der Waals surface area contributed by atoms with E-state index in [-0.39, 0.29) is 11.9 Å². The summed E-state index contributed by atoms with van der Waals surface area (Å²) < 4.78 is 10.5. The summed E-state index contributed by atoms with van der Waals surface area (Å²) in [5.41, 5.74) is 1.62. The summed E-state index contributed by atoms with van der Waals surface area (Å²) in [6, 6.07) is 5.16. The van der Waals surface area contributed by atoms with Crippen molar-refractivity contribution in [3.8, 4) is 22.8 Å². The molecule has 0 aliphatic carbocycles. The minimum Gasteiger partial charge on any atom is -0.493 e. The lowest BCUT2D eigenvalue weighted by atomic mass is 10.1. The topological polar surface area (TPSA) is 92.7 Å². The van der Waals surface area contributed by atoms with Crippen molar-refractivity contribution in [1.29, 1.82) is 0 Å². The number of β-amino-alcohol motifs (C(OH)–C–C–N with tert-alkyl or cyclic N) is 1. The van der Waals surface area contributed by atoms with Gasteiger partial charge in [-0.15, -0.1) is 11.3 Å². The lowest BCUT2D eigenvalue weighted by Crippen LogP contribution is -2.35. The third-order valence-corrected chi connectivity index (χ3v) is 4.60. The van der Waals surface area contributed by atoms with E-state index in [0.29, 0.717) is 29.6 Å². The number of rotatable bonds is 5. The zero-order chi connectivity index (χ0) is 17.1. The molecule has 0 saturated carbocycles. The van der Waals surface area contributed by atoms with Crippen LogP contribution in [-0.2, 0) is 4.79 Å². The predicted octanol–water partition coefficient (Wildman–Crippen LogP) is 1.49. The molecule has 0 unspecified atom stereocenters. The second-order valence-electron chi connectivity index (χ2n) is 5.45. The Kier molecular flexibility index (Phi) is 4.98. The van der Waals surface area contributed by atoms with Gasteiger partial charge in [-0.25, -0.2) is 4.98 Å². The quantitative estimate of drug-likeness (QED) is 0.757. The smallest absolute Gasteiger partial charge is 0.243 e. The number of nitrogens with one attached hydrogen (secondary N) is 2. The highest BCUT2D eigenvalue weighted by Gasteiger charge is 2.28. The zero-order valence-corrected chi connectivity index (χ0v) is 14.2. The van der Waals surface area contributed by atoms with Crippen LogP contribution in [0.15, 0.2) is 23.6 Å². The lowest BCUT2D eigenvalue weighted by molar-refractivity contribution is -0.117. The summed E-state index contributed by atoms with van der Waals surface area (Å²) >= 11 is 1.35. The first kappa shape index (κ1) is 16.7. The number of aromatic nitrogens is 1. The number of aliphatic hydroxyl groups excluding tert-OH is 1. The number of benzene rings is 1. The fraction of sp³-hybridized carbons (Fsp3) is 0.375. The molecule has 1 amide bonds. The van der Waals surface area contributed by atoms with E-state index in [2.05, 4.69) is 15.6 Å². The zero-order valence-electron chi connectivity index (χ0n) is 13.4. The number of aliphatic hydroxyl groups is 1. The fourth-order valence-corrected chi connectivity index (χ4v) is 3.29. The number of anilines is 1. The molecule has 1 aromatic heterocycles.